The van der Waals surface area contributed by atoms with Crippen LogP contribution >= 0.6 is 15.9 Å². The molecule has 0 aromatic heterocycles. The van der Waals surface area contributed by atoms with Gasteiger partial charge in [-0.25, -0.2) is 0 Å². The number of halogens is 1. The number of alkyl halides is 1. The van der Waals surface area contributed by atoms with Gasteiger partial charge in [-0.15, -0.1) is 0 Å². The van der Waals surface area contributed by atoms with E-state index in [1.165, 1.54) is 0 Å². The van der Waals surface area contributed by atoms with E-state index in [1.54, 1.807) is 0 Å². The van der Waals surface area contributed by atoms with Gasteiger partial charge >= 0.3 is 0 Å². The topological polar surface area (TPSA) is 38.8 Å². The van der Waals surface area contributed by atoms with E-state index in [0.29, 0.717) is 36.8 Å². The summed E-state index contributed by atoms with van der Waals surface area (Å²) in [6.45, 7) is 4.61. The van der Waals surface area contributed by atoms with E-state index in [9.17, 15) is 4.79 Å². The molecule has 0 saturated heterocycles. The molecule has 4 nitrogen and oxygen atoms in total. The largest absolute Gasteiger partial charge is 0.486 e. The van der Waals surface area contributed by atoms with Gasteiger partial charge in [0.15, 0.2) is 11.5 Å². The number of hydrogen-bond acceptors (Lipinski definition) is 3. The molecule has 0 fully saturated rings. The van der Waals surface area contributed by atoms with E-state index >= 15 is 0 Å². The second-order valence-corrected chi connectivity index (χ2v) is 5.46. The fourth-order valence-corrected chi connectivity index (χ4v) is 2.61. The number of benzene rings is 1. The molecule has 0 saturated carbocycles. The maximum atomic E-state index is 12.7. The summed E-state index contributed by atoms with van der Waals surface area (Å²) >= 11 is 3.41. The van der Waals surface area contributed by atoms with E-state index in [4.69, 9.17) is 9.47 Å². The molecule has 1 amide bonds. The van der Waals surface area contributed by atoms with Crippen LogP contribution < -0.4 is 9.47 Å². The van der Waals surface area contributed by atoms with Crippen molar-refractivity contribution in [3.63, 3.8) is 0 Å². The number of ether oxygens (including phenoxy) is 2. The first-order chi connectivity index (χ1) is 9.77. The highest BCUT2D eigenvalue weighted by Gasteiger charge is 2.23. The van der Waals surface area contributed by atoms with Crippen molar-refractivity contribution in [3.8, 4) is 11.5 Å². The van der Waals surface area contributed by atoms with Crippen molar-refractivity contribution in [1.82, 2.24) is 4.90 Å². The Morgan fingerprint density at radius 2 is 2.10 bits per heavy atom. The second-order valence-electron chi connectivity index (χ2n) is 4.66. The van der Waals surface area contributed by atoms with Crippen molar-refractivity contribution in [1.29, 1.82) is 0 Å². The van der Waals surface area contributed by atoms with Crippen LogP contribution in [0, 0.1) is 0 Å². The molecule has 0 aliphatic carbocycles. The van der Waals surface area contributed by atoms with Gasteiger partial charge < -0.3 is 14.4 Å². The summed E-state index contributed by atoms with van der Waals surface area (Å²) in [7, 11) is 0. The van der Waals surface area contributed by atoms with Crippen molar-refractivity contribution in [2.45, 2.75) is 19.8 Å². The van der Waals surface area contributed by atoms with E-state index in [-0.39, 0.29) is 5.91 Å². The molecule has 110 valence electrons. The number of fused-ring (bicyclic) bond motifs is 1. The number of para-hydroxylation sites is 1. The average molecular weight is 342 g/mol. The van der Waals surface area contributed by atoms with E-state index in [2.05, 4.69) is 22.9 Å². The Hall–Kier alpha value is -1.23. The molecule has 1 aliphatic heterocycles. The van der Waals surface area contributed by atoms with Crippen LogP contribution in [0.2, 0.25) is 0 Å². The standard InChI is InChI=1S/C15H20BrNO3/c1-2-3-8-17(9-7-16)15(18)12-5-4-6-13-14(12)20-11-10-19-13/h4-6H,2-3,7-11H2,1H3. The second kappa shape index (κ2) is 7.53. The van der Waals surface area contributed by atoms with Gasteiger partial charge in [-0.05, 0) is 18.6 Å². The molecule has 20 heavy (non-hydrogen) atoms. The minimum absolute atomic E-state index is 0.0141. The predicted octanol–water partition coefficient (Wildman–Crippen LogP) is 3.10. The molecule has 0 N–H and O–H groups in total. The number of rotatable bonds is 6. The molecule has 1 aromatic rings. The Morgan fingerprint density at radius 3 is 2.85 bits per heavy atom. The lowest BCUT2D eigenvalue weighted by Gasteiger charge is -2.25. The number of carbonyl (C=O) groups excluding carboxylic acids is 1. The molecule has 0 unspecified atom stereocenters. The molecular weight excluding hydrogens is 322 g/mol. The van der Waals surface area contributed by atoms with Crippen LogP contribution in [0.15, 0.2) is 18.2 Å². The highest BCUT2D eigenvalue weighted by Crippen LogP contribution is 2.34. The van der Waals surface area contributed by atoms with Crippen molar-refractivity contribution in [3.05, 3.63) is 23.8 Å². The number of nitrogens with zero attached hydrogens (tertiary/aromatic N) is 1. The smallest absolute Gasteiger partial charge is 0.257 e. The molecule has 1 aliphatic rings. The highest BCUT2D eigenvalue weighted by molar-refractivity contribution is 9.09. The Labute approximate surface area is 128 Å². The number of unbranched alkanes of at least 4 members (excludes halogenated alkanes) is 1. The minimum Gasteiger partial charge on any atom is -0.486 e. The summed E-state index contributed by atoms with van der Waals surface area (Å²) in [6, 6.07) is 5.49. The van der Waals surface area contributed by atoms with Gasteiger partial charge in [0, 0.05) is 18.4 Å². The van der Waals surface area contributed by atoms with Crippen molar-refractivity contribution in [2.75, 3.05) is 31.6 Å². The van der Waals surface area contributed by atoms with E-state index < -0.39 is 0 Å². The van der Waals surface area contributed by atoms with Gasteiger partial charge in [0.1, 0.15) is 13.2 Å². The number of hydrogen-bond donors (Lipinski definition) is 0. The van der Waals surface area contributed by atoms with Gasteiger partial charge in [-0.2, -0.15) is 0 Å². The Morgan fingerprint density at radius 1 is 1.30 bits per heavy atom. The van der Waals surface area contributed by atoms with Crippen LogP contribution in [-0.4, -0.2) is 42.4 Å². The van der Waals surface area contributed by atoms with E-state index in [0.717, 1.165) is 24.7 Å². The molecule has 0 radical (unpaired) electrons. The SMILES string of the molecule is CCCCN(CCBr)C(=O)c1cccc2c1OCCO2. The zero-order valence-corrected chi connectivity index (χ0v) is 13.3. The normalized spacial score (nSPS) is 13.1. The third-order valence-electron chi connectivity index (χ3n) is 3.22. The first-order valence-electron chi connectivity index (χ1n) is 7.01. The Kier molecular flexibility index (Phi) is 5.71. The third kappa shape index (κ3) is 3.45. The van der Waals surface area contributed by atoms with E-state index in [1.807, 2.05) is 23.1 Å². The summed E-state index contributed by atoms with van der Waals surface area (Å²) in [5.74, 6) is 1.26. The number of carbonyl (C=O) groups is 1. The maximum Gasteiger partial charge on any atom is 0.257 e. The highest BCUT2D eigenvalue weighted by atomic mass is 79.9. The van der Waals surface area contributed by atoms with Gasteiger partial charge in [-0.3, -0.25) is 4.79 Å². The van der Waals surface area contributed by atoms with Gasteiger partial charge in [0.25, 0.3) is 5.91 Å². The monoisotopic (exact) mass is 341 g/mol. The first-order valence-corrected chi connectivity index (χ1v) is 8.14. The molecule has 2 rings (SSSR count). The lowest BCUT2D eigenvalue weighted by molar-refractivity contribution is 0.0753. The number of amides is 1. The van der Waals surface area contributed by atoms with Crippen LogP contribution in [0.1, 0.15) is 30.1 Å². The molecule has 1 heterocycles. The van der Waals surface area contributed by atoms with Crippen LogP contribution in [0.3, 0.4) is 0 Å². The summed E-state index contributed by atoms with van der Waals surface area (Å²) in [5.41, 5.74) is 0.597. The molecule has 0 bridgehead atoms. The van der Waals surface area contributed by atoms with Crippen LogP contribution in [0.5, 0.6) is 11.5 Å². The zero-order chi connectivity index (χ0) is 14.4. The average Bonchev–Trinajstić information content (AvgIpc) is 2.50. The fourth-order valence-electron chi connectivity index (χ4n) is 2.18. The van der Waals surface area contributed by atoms with Crippen LogP contribution in [-0.2, 0) is 0 Å². The quantitative estimate of drug-likeness (QED) is 0.746. The maximum absolute atomic E-state index is 12.7. The van der Waals surface area contributed by atoms with Gasteiger partial charge in [0.05, 0.1) is 5.56 Å². The minimum atomic E-state index is 0.0141. The predicted molar refractivity (Wildman–Crippen MR) is 82.0 cm³/mol. The molecular formula is C15H20BrNO3. The van der Waals surface area contributed by atoms with Gasteiger partial charge in [-0.1, -0.05) is 35.3 Å². The lowest BCUT2D eigenvalue weighted by Crippen LogP contribution is -2.34. The Balaban J connectivity index is 2.22. The van der Waals surface area contributed by atoms with Gasteiger partial charge in [0.2, 0.25) is 0 Å². The van der Waals surface area contributed by atoms with Crippen molar-refractivity contribution >= 4 is 21.8 Å². The van der Waals surface area contributed by atoms with Crippen LogP contribution in [0.4, 0.5) is 0 Å². The zero-order valence-electron chi connectivity index (χ0n) is 11.7. The fraction of sp³-hybridized carbons (Fsp3) is 0.533. The summed E-state index contributed by atoms with van der Waals surface area (Å²) in [4.78, 5) is 14.5. The van der Waals surface area contributed by atoms with Crippen molar-refractivity contribution < 1.29 is 14.3 Å². The van der Waals surface area contributed by atoms with Crippen LogP contribution in [0.25, 0.3) is 0 Å². The molecule has 0 atom stereocenters. The molecule has 5 heteroatoms. The Bertz CT molecular complexity index is 464. The van der Waals surface area contributed by atoms with Crippen molar-refractivity contribution in [2.24, 2.45) is 0 Å². The summed E-state index contributed by atoms with van der Waals surface area (Å²) in [5, 5.41) is 0.773. The summed E-state index contributed by atoms with van der Waals surface area (Å²) in [6.07, 6.45) is 2.07. The molecule has 0 spiro atoms. The first kappa shape index (κ1) is 15.2. The third-order valence-corrected chi connectivity index (χ3v) is 3.57. The molecule has 1 aromatic carbocycles. The summed E-state index contributed by atoms with van der Waals surface area (Å²) < 4.78 is 11.2. The lowest BCUT2D eigenvalue weighted by atomic mass is 10.1.